The van der Waals surface area contributed by atoms with E-state index in [9.17, 15) is 0 Å². The molecular formula is C12H13N3S2. The molecule has 0 atom stereocenters. The largest absolute Gasteiger partial charge is 0.378 e. The van der Waals surface area contributed by atoms with E-state index in [0.29, 0.717) is 0 Å². The van der Waals surface area contributed by atoms with E-state index in [4.69, 9.17) is 12.2 Å². The minimum Gasteiger partial charge on any atom is -0.378 e. The van der Waals surface area contributed by atoms with E-state index in [-0.39, 0.29) is 0 Å². The Morgan fingerprint density at radius 2 is 2.24 bits per heavy atom. The Morgan fingerprint density at radius 3 is 3.00 bits per heavy atom. The van der Waals surface area contributed by atoms with Crippen LogP contribution in [0.3, 0.4) is 0 Å². The molecule has 0 amide bonds. The number of rotatable bonds is 1. The molecule has 2 heterocycles. The lowest BCUT2D eigenvalue weighted by Crippen LogP contribution is -2.35. The first-order valence-corrected chi connectivity index (χ1v) is 6.75. The van der Waals surface area contributed by atoms with Gasteiger partial charge in [0.2, 0.25) is 0 Å². The third-order valence-electron chi connectivity index (χ3n) is 2.98. The number of hydrogen-bond acceptors (Lipinski definition) is 4. The van der Waals surface area contributed by atoms with Crippen molar-refractivity contribution in [3.8, 4) is 0 Å². The smallest absolute Gasteiger partial charge is 0.146 e. The molecule has 0 saturated heterocycles. The minimum absolute atomic E-state index is 0.852. The summed E-state index contributed by atoms with van der Waals surface area (Å²) < 4.78 is 0.921. The second kappa shape index (κ2) is 3.99. The van der Waals surface area contributed by atoms with E-state index >= 15 is 0 Å². The predicted octanol–water partition coefficient (Wildman–Crippen LogP) is 2.21. The lowest BCUT2D eigenvalue weighted by molar-refractivity contribution is 0.685. The van der Waals surface area contributed by atoms with Crippen molar-refractivity contribution in [3.63, 3.8) is 0 Å². The van der Waals surface area contributed by atoms with Crippen molar-refractivity contribution in [2.45, 2.75) is 4.90 Å². The van der Waals surface area contributed by atoms with Crippen molar-refractivity contribution in [2.75, 3.05) is 32.1 Å². The van der Waals surface area contributed by atoms with Gasteiger partial charge in [-0.05, 0) is 18.2 Å². The van der Waals surface area contributed by atoms with Gasteiger partial charge in [0, 0.05) is 36.8 Å². The predicted molar refractivity (Wildman–Crippen MR) is 77.3 cm³/mol. The van der Waals surface area contributed by atoms with E-state index in [0.717, 1.165) is 23.2 Å². The van der Waals surface area contributed by atoms with Gasteiger partial charge >= 0.3 is 0 Å². The zero-order chi connectivity index (χ0) is 12.0. The first-order chi connectivity index (χ1) is 8.16. The van der Waals surface area contributed by atoms with Gasteiger partial charge in [0.25, 0.3) is 0 Å². The van der Waals surface area contributed by atoms with Crippen molar-refractivity contribution < 1.29 is 0 Å². The highest BCUT2D eigenvalue weighted by atomic mass is 32.2. The van der Waals surface area contributed by atoms with Gasteiger partial charge in [0.05, 0.1) is 6.54 Å². The topological polar surface area (TPSA) is 18.8 Å². The zero-order valence-electron chi connectivity index (χ0n) is 9.80. The van der Waals surface area contributed by atoms with Crippen molar-refractivity contribution in [3.05, 3.63) is 23.8 Å². The number of thioether (sulfide) groups is 1. The number of amidine groups is 1. The van der Waals surface area contributed by atoms with Crippen LogP contribution in [0.15, 0.2) is 28.1 Å². The summed E-state index contributed by atoms with van der Waals surface area (Å²) in [6, 6.07) is 6.47. The third kappa shape index (κ3) is 1.73. The molecule has 0 N–H and O–H groups in total. The van der Waals surface area contributed by atoms with Crippen LogP contribution in [0.4, 0.5) is 5.69 Å². The Kier molecular flexibility index (Phi) is 2.60. The summed E-state index contributed by atoms with van der Waals surface area (Å²) in [5, 5.41) is 0. The van der Waals surface area contributed by atoms with Crippen molar-refractivity contribution in [2.24, 2.45) is 4.99 Å². The second-order valence-electron chi connectivity index (χ2n) is 4.30. The van der Waals surface area contributed by atoms with Crippen LogP contribution in [-0.2, 0) is 0 Å². The summed E-state index contributed by atoms with van der Waals surface area (Å²) in [6.07, 6.45) is 0. The molecule has 5 heteroatoms. The number of anilines is 1. The van der Waals surface area contributed by atoms with Gasteiger partial charge in [-0.15, -0.1) is 0 Å². The summed E-state index contributed by atoms with van der Waals surface area (Å²) >= 11 is 7.09. The Hall–Kier alpha value is -1.07. The molecule has 17 heavy (non-hydrogen) atoms. The summed E-state index contributed by atoms with van der Waals surface area (Å²) in [5.41, 5.74) is 2.41. The number of fused-ring (bicyclic) bond motifs is 3. The van der Waals surface area contributed by atoms with Gasteiger partial charge in [0.15, 0.2) is 0 Å². The molecule has 0 saturated carbocycles. The van der Waals surface area contributed by atoms with Crippen LogP contribution >= 0.6 is 24.0 Å². The molecular weight excluding hydrogens is 250 g/mol. The van der Waals surface area contributed by atoms with E-state index in [1.165, 1.54) is 16.1 Å². The Labute approximate surface area is 111 Å². The third-order valence-corrected chi connectivity index (χ3v) is 4.40. The molecule has 1 aromatic carbocycles. The molecule has 2 aliphatic heterocycles. The van der Waals surface area contributed by atoms with E-state index < -0.39 is 0 Å². The zero-order valence-corrected chi connectivity index (χ0v) is 11.4. The number of thiocarbonyl (C=S) groups is 1. The van der Waals surface area contributed by atoms with Gasteiger partial charge in [-0.25, -0.2) is 0 Å². The summed E-state index contributed by atoms with van der Waals surface area (Å²) in [6.45, 7) is 1.78. The molecule has 0 aromatic heterocycles. The van der Waals surface area contributed by atoms with Gasteiger partial charge in [-0.2, -0.15) is 0 Å². The van der Waals surface area contributed by atoms with Crippen molar-refractivity contribution in [1.82, 2.24) is 4.90 Å². The maximum absolute atomic E-state index is 5.42. The van der Waals surface area contributed by atoms with Crippen LogP contribution in [-0.4, -0.2) is 42.2 Å². The molecule has 3 nitrogen and oxygen atoms in total. The fraction of sp³-hybridized carbons (Fsp3) is 0.333. The lowest BCUT2D eigenvalue weighted by Gasteiger charge is -2.28. The van der Waals surface area contributed by atoms with E-state index in [1.807, 2.05) is 14.1 Å². The average molecular weight is 263 g/mol. The fourth-order valence-electron chi connectivity index (χ4n) is 2.06. The monoisotopic (exact) mass is 263 g/mol. The standard InChI is InChI=1S/C12H13N3S2/c1-14(2)8-3-4-9-10(7-8)17-12(16)15-6-5-13-11(9)15/h3-4,7H,5-6H2,1-2H3. The van der Waals surface area contributed by atoms with Gasteiger partial charge < -0.3 is 9.80 Å². The normalized spacial score (nSPS) is 17.6. The molecule has 2 aliphatic rings. The summed E-state index contributed by atoms with van der Waals surface area (Å²) in [5.74, 6) is 1.05. The van der Waals surface area contributed by atoms with E-state index in [1.54, 1.807) is 11.8 Å². The first-order valence-electron chi connectivity index (χ1n) is 5.52. The van der Waals surface area contributed by atoms with E-state index in [2.05, 4.69) is 33.0 Å². The van der Waals surface area contributed by atoms with Crippen molar-refractivity contribution >= 4 is 39.8 Å². The highest BCUT2D eigenvalue weighted by Crippen LogP contribution is 2.36. The summed E-state index contributed by atoms with van der Waals surface area (Å²) in [7, 11) is 4.10. The first kappa shape index (κ1) is 11.0. The fourth-order valence-corrected chi connectivity index (χ4v) is 3.44. The molecule has 0 bridgehead atoms. The molecule has 0 fully saturated rings. The maximum Gasteiger partial charge on any atom is 0.146 e. The number of hydrogen-bond donors (Lipinski definition) is 0. The highest BCUT2D eigenvalue weighted by molar-refractivity contribution is 8.23. The summed E-state index contributed by atoms with van der Waals surface area (Å²) in [4.78, 5) is 10.0. The van der Waals surface area contributed by atoms with Crippen LogP contribution in [0.2, 0.25) is 0 Å². The molecule has 88 valence electrons. The minimum atomic E-state index is 0.852. The second-order valence-corrected chi connectivity index (χ2v) is 5.98. The molecule has 3 rings (SSSR count). The maximum atomic E-state index is 5.42. The van der Waals surface area contributed by atoms with Crippen LogP contribution in [0, 0.1) is 0 Å². The molecule has 1 aromatic rings. The van der Waals surface area contributed by atoms with Crippen molar-refractivity contribution in [1.29, 1.82) is 0 Å². The lowest BCUT2D eigenvalue weighted by atomic mass is 10.1. The van der Waals surface area contributed by atoms with Crippen LogP contribution in [0.25, 0.3) is 0 Å². The Bertz CT molecular complexity index is 522. The van der Waals surface area contributed by atoms with Crippen LogP contribution in [0.1, 0.15) is 5.56 Å². The molecule has 0 spiro atoms. The number of aliphatic imine (C=N–C) groups is 1. The van der Waals surface area contributed by atoms with Gasteiger partial charge in [-0.3, -0.25) is 4.99 Å². The van der Waals surface area contributed by atoms with Crippen LogP contribution in [0.5, 0.6) is 0 Å². The quantitative estimate of drug-likeness (QED) is 0.723. The molecule has 0 radical (unpaired) electrons. The van der Waals surface area contributed by atoms with Gasteiger partial charge in [-0.1, -0.05) is 24.0 Å². The number of benzene rings is 1. The average Bonchev–Trinajstić information content (AvgIpc) is 2.78. The highest BCUT2D eigenvalue weighted by Gasteiger charge is 2.30. The van der Waals surface area contributed by atoms with Crippen LogP contribution < -0.4 is 4.90 Å². The molecule has 0 aliphatic carbocycles. The Morgan fingerprint density at radius 1 is 1.41 bits per heavy atom. The van der Waals surface area contributed by atoms with Gasteiger partial charge in [0.1, 0.15) is 10.2 Å². The Balaban J connectivity index is 2.10. The number of nitrogens with zero attached hydrogens (tertiary/aromatic N) is 3. The molecule has 0 unspecified atom stereocenters. The SMILES string of the molecule is CN(C)c1ccc2c(c1)SC(=S)N1CCN=C21.